The number of aromatic nitrogens is 2. The van der Waals surface area contributed by atoms with E-state index in [2.05, 4.69) is 18.9 Å². The first-order chi connectivity index (χ1) is 9.40. The van der Waals surface area contributed by atoms with E-state index in [1.54, 1.807) is 4.68 Å². The molecule has 1 aliphatic rings. The van der Waals surface area contributed by atoms with Crippen LogP contribution in [0, 0.1) is 24.7 Å². The number of rotatable bonds is 4. The lowest BCUT2D eigenvalue weighted by molar-refractivity contribution is -0.123. The largest absolute Gasteiger partial charge is 0.299 e. The second-order valence-electron chi connectivity index (χ2n) is 6.48. The highest BCUT2D eigenvalue weighted by molar-refractivity contribution is 6.30. The van der Waals surface area contributed by atoms with E-state index in [0.29, 0.717) is 17.4 Å². The van der Waals surface area contributed by atoms with Crippen molar-refractivity contribution in [3.05, 3.63) is 16.4 Å². The lowest BCUT2D eigenvalue weighted by atomic mass is 9.75. The molecule has 1 aromatic heterocycles. The Morgan fingerprint density at radius 1 is 1.35 bits per heavy atom. The van der Waals surface area contributed by atoms with Gasteiger partial charge in [0.2, 0.25) is 0 Å². The predicted molar refractivity (Wildman–Crippen MR) is 82.0 cm³/mol. The number of ketones is 1. The van der Waals surface area contributed by atoms with E-state index in [0.717, 1.165) is 35.9 Å². The number of halogens is 1. The van der Waals surface area contributed by atoms with E-state index in [-0.39, 0.29) is 5.92 Å². The molecule has 0 amide bonds. The second kappa shape index (κ2) is 6.30. The number of nitrogens with zero attached hydrogens (tertiary/aromatic N) is 2. The molecule has 0 bridgehead atoms. The second-order valence-corrected chi connectivity index (χ2v) is 6.84. The van der Waals surface area contributed by atoms with Gasteiger partial charge in [-0.2, -0.15) is 5.10 Å². The fraction of sp³-hybridized carbons (Fsp3) is 0.750. The molecule has 0 saturated heterocycles. The molecule has 0 aliphatic heterocycles. The van der Waals surface area contributed by atoms with Gasteiger partial charge in [-0.15, -0.1) is 0 Å². The molecule has 1 fully saturated rings. The highest BCUT2D eigenvalue weighted by Gasteiger charge is 2.28. The van der Waals surface area contributed by atoms with E-state index in [1.807, 2.05) is 14.0 Å². The maximum absolute atomic E-state index is 12.5. The highest BCUT2D eigenvalue weighted by Crippen LogP contribution is 2.34. The average Bonchev–Trinajstić information content (AvgIpc) is 2.65. The first-order valence-corrected chi connectivity index (χ1v) is 7.98. The number of carbonyl (C=O) groups excluding carboxylic acids is 1. The van der Waals surface area contributed by atoms with Gasteiger partial charge in [0.15, 0.2) is 0 Å². The number of hydrogen-bond acceptors (Lipinski definition) is 2. The van der Waals surface area contributed by atoms with Gasteiger partial charge in [0.05, 0.1) is 5.69 Å². The fourth-order valence-corrected chi connectivity index (χ4v) is 3.54. The molecule has 20 heavy (non-hydrogen) atoms. The summed E-state index contributed by atoms with van der Waals surface area (Å²) in [5.41, 5.74) is 1.78. The number of hydrogen-bond donors (Lipinski definition) is 0. The SMILES string of the molecule is Cc1nn(C)c(Cl)c1CC(=O)C1CCC(C(C)C)CC1. The average molecular weight is 297 g/mol. The van der Waals surface area contributed by atoms with E-state index in [4.69, 9.17) is 11.6 Å². The molecular formula is C16H25ClN2O. The van der Waals surface area contributed by atoms with Crippen molar-refractivity contribution < 1.29 is 4.79 Å². The summed E-state index contributed by atoms with van der Waals surface area (Å²) >= 11 is 6.21. The third-order valence-corrected chi connectivity index (χ3v) is 5.26. The summed E-state index contributed by atoms with van der Waals surface area (Å²) in [5.74, 6) is 2.09. The Labute approximate surface area is 126 Å². The summed E-state index contributed by atoms with van der Waals surface area (Å²) in [4.78, 5) is 12.5. The minimum Gasteiger partial charge on any atom is -0.299 e. The molecule has 1 aliphatic carbocycles. The summed E-state index contributed by atoms with van der Waals surface area (Å²) in [6.45, 7) is 6.49. The van der Waals surface area contributed by atoms with Crippen molar-refractivity contribution >= 4 is 17.4 Å². The summed E-state index contributed by atoms with van der Waals surface area (Å²) in [6, 6.07) is 0. The molecule has 0 atom stereocenters. The quantitative estimate of drug-likeness (QED) is 0.843. The number of carbonyl (C=O) groups is 1. The van der Waals surface area contributed by atoms with Crippen LogP contribution in [0.3, 0.4) is 0 Å². The summed E-state index contributed by atoms with van der Waals surface area (Å²) in [6.07, 6.45) is 4.90. The van der Waals surface area contributed by atoms with E-state index < -0.39 is 0 Å². The molecule has 0 unspecified atom stereocenters. The molecule has 1 heterocycles. The Balaban J connectivity index is 1.96. The molecule has 3 nitrogen and oxygen atoms in total. The summed E-state index contributed by atoms with van der Waals surface area (Å²) < 4.78 is 1.65. The third kappa shape index (κ3) is 3.25. The van der Waals surface area contributed by atoms with E-state index >= 15 is 0 Å². The van der Waals surface area contributed by atoms with Crippen LogP contribution in [0.5, 0.6) is 0 Å². The van der Waals surface area contributed by atoms with Crippen LogP contribution in [0.2, 0.25) is 5.15 Å². The van der Waals surface area contributed by atoms with Crippen LogP contribution in [0.15, 0.2) is 0 Å². The van der Waals surface area contributed by atoms with Gasteiger partial charge in [0.1, 0.15) is 10.9 Å². The van der Waals surface area contributed by atoms with Crippen LogP contribution < -0.4 is 0 Å². The fourth-order valence-electron chi connectivity index (χ4n) is 3.30. The van der Waals surface area contributed by atoms with Gasteiger partial charge in [-0.3, -0.25) is 9.48 Å². The van der Waals surface area contributed by atoms with Gasteiger partial charge in [-0.05, 0) is 44.4 Å². The van der Waals surface area contributed by atoms with Crippen LogP contribution in [0.1, 0.15) is 50.8 Å². The molecule has 1 aromatic rings. The standard InChI is InChI=1S/C16H25ClN2O/c1-10(2)12-5-7-13(8-6-12)15(20)9-14-11(3)18-19(4)16(14)17/h10,12-13H,5-9H2,1-4H3. The molecular weight excluding hydrogens is 272 g/mol. The molecule has 4 heteroatoms. The van der Waals surface area contributed by atoms with Crippen LogP contribution in [-0.4, -0.2) is 15.6 Å². The maximum atomic E-state index is 12.5. The Morgan fingerprint density at radius 2 is 1.95 bits per heavy atom. The molecule has 0 radical (unpaired) electrons. The number of Topliss-reactive ketones (excluding diaryl/α,β-unsaturated/α-hetero) is 1. The first kappa shape index (κ1) is 15.6. The van der Waals surface area contributed by atoms with Gasteiger partial charge < -0.3 is 0 Å². The van der Waals surface area contributed by atoms with Crippen LogP contribution in [-0.2, 0) is 18.3 Å². The van der Waals surface area contributed by atoms with E-state index in [1.165, 1.54) is 12.8 Å². The summed E-state index contributed by atoms with van der Waals surface area (Å²) in [5, 5.41) is 4.88. The highest BCUT2D eigenvalue weighted by atomic mass is 35.5. The zero-order valence-corrected chi connectivity index (χ0v) is 13.7. The minimum absolute atomic E-state index is 0.223. The van der Waals surface area contributed by atoms with Crippen LogP contribution in [0.4, 0.5) is 0 Å². The van der Waals surface area contributed by atoms with Gasteiger partial charge in [-0.25, -0.2) is 0 Å². The molecule has 0 spiro atoms. The first-order valence-electron chi connectivity index (χ1n) is 7.60. The Morgan fingerprint density at radius 3 is 2.40 bits per heavy atom. The van der Waals surface area contributed by atoms with Crippen molar-refractivity contribution in [3.8, 4) is 0 Å². The summed E-state index contributed by atoms with van der Waals surface area (Å²) in [7, 11) is 1.82. The predicted octanol–water partition coefficient (Wildman–Crippen LogP) is 3.96. The van der Waals surface area contributed by atoms with Crippen molar-refractivity contribution in [2.24, 2.45) is 24.8 Å². The normalized spacial score (nSPS) is 23.3. The van der Waals surface area contributed by atoms with Crippen molar-refractivity contribution in [2.75, 3.05) is 0 Å². The Kier molecular flexibility index (Phi) is 4.90. The van der Waals surface area contributed by atoms with Crippen molar-refractivity contribution in [2.45, 2.75) is 52.9 Å². The van der Waals surface area contributed by atoms with Gasteiger partial charge >= 0.3 is 0 Å². The van der Waals surface area contributed by atoms with Crippen molar-refractivity contribution in [1.82, 2.24) is 9.78 Å². The Bertz CT molecular complexity index is 485. The molecule has 112 valence electrons. The lowest BCUT2D eigenvalue weighted by Crippen LogP contribution is -2.25. The molecule has 1 saturated carbocycles. The minimum atomic E-state index is 0.223. The molecule has 2 rings (SSSR count). The number of aryl methyl sites for hydroxylation is 2. The van der Waals surface area contributed by atoms with Gasteiger partial charge in [-0.1, -0.05) is 25.4 Å². The van der Waals surface area contributed by atoms with Gasteiger partial charge in [0.25, 0.3) is 0 Å². The smallest absolute Gasteiger partial charge is 0.140 e. The van der Waals surface area contributed by atoms with Crippen LogP contribution in [0.25, 0.3) is 0 Å². The molecule has 0 N–H and O–H groups in total. The Hall–Kier alpha value is -0.830. The zero-order valence-electron chi connectivity index (χ0n) is 12.9. The lowest BCUT2D eigenvalue weighted by Gasteiger charge is -2.30. The third-order valence-electron chi connectivity index (χ3n) is 4.79. The van der Waals surface area contributed by atoms with Crippen molar-refractivity contribution in [1.29, 1.82) is 0 Å². The van der Waals surface area contributed by atoms with Gasteiger partial charge in [0, 0.05) is 24.9 Å². The monoisotopic (exact) mass is 296 g/mol. The topological polar surface area (TPSA) is 34.9 Å². The zero-order chi connectivity index (χ0) is 14.9. The van der Waals surface area contributed by atoms with Crippen molar-refractivity contribution in [3.63, 3.8) is 0 Å². The maximum Gasteiger partial charge on any atom is 0.140 e. The molecule has 0 aromatic carbocycles. The van der Waals surface area contributed by atoms with Crippen LogP contribution >= 0.6 is 11.6 Å². The van der Waals surface area contributed by atoms with E-state index in [9.17, 15) is 4.79 Å².